The van der Waals surface area contributed by atoms with Crippen molar-refractivity contribution in [3.05, 3.63) is 53.3 Å². The Hall–Kier alpha value is -1.35. The van der Waals surface area contributed by atoms with Crippen LogP contribution >= 0.6 is 0 Å². The molecule has 0 heterocycles. The van der Waals surface area contributed by atoms with E-state index in [2.05, 4.69) is 0 Å². The van der Waals surface area contributed by atoms with E-state index in [4.69, 9.17) is 0 Å². The Morgan fingerprint density at radius 1 is 1.00 bits per heavy atom. The number of fused-ring (bicyclic) bond motifs is 1. The Balaban J connectivity index is 2.55. The molecule has 1 radical (unpaired) electrons. The van der Waals surface area contributed by atoms with Gasteiger partial charge in [-0.15, -0.1) is 0 Å². The smallest absolute Gasteiger partial charge is 0.158 e. The van der Waals surface area contributed by atoms with Crippen LogP contribution in [0.25, 0.3) is 10.8 Å². The summed E-state index contributed by atoms with van der Waals surface area (Å²) < 4.78 is 22.9. The highest BCUT2D eigenvalue weighted by molar-refractivity contribution is 7.93. The minimum Gasteiger partial charge on any atom is -0.228 e. The Morgan fingerprint density at radius 3 is 2.25 bits per heavy atom. The van der Waals surface area contributed by atoms with Gasteiger partial charge in [-0.2, -0.15) is 0 Å². The maximum Gasteiger partial charge on any atom is 0.158 e. The van der Waals surface area contributed by atoms with Crippen molar-refractivity contribution in [1.29, 1.82) is 0 Å². The van der Waals surface area contributed by atoms with Gasteiger partial charge in [0.15, 0.2) is 9.84 Å². The summed E-state index contributed by atoms with van der Waals surface area (Å²) >= 11 is 0. The summed E-state index contributed by atoms with van der Waals surface area (Å²) in [5.41, 5.74) is 0.765. The number of benzene rings is 2. The van der Waals surface area contributed by atoms with Crippen LogP contribution in [0, 0.1) is 5.25 Å². The zero-order valence-electron chi connectivity index (χ0n) is 9.27. The van der Waals surface area contributed by atoms with E-state index in [9.17, 15) is 8.42 Å². The van der Waals surface area contributed by atoms with Crippen molar-refractivity contribution in [2.75, 3.05) is 6.26 Å². The zero-order chi connectivity index (χ0) is 11.8. The lowest BCUT2D eigenvalue weighted by Gasteiger charge is -2.09. The maximum atomic E-state index is 11.4. The van der Waals surface area contributed by atoms with Crippen molar-refractivity contribution in [3.63, 3.8) is 0 Å². The molecule has 0 N–H and O–H groups in total. The Labute approximate surface area is 95.8 Å². The minimum atomic E-state index is -3.11. The lowest BCUT2D eigenvalue weighted by atomic mass is 10.1. The highest BCUT2D eigenvalue weighted by Crippen LogP contribution is 2.24. The summed E-state index contributed by atoms with van der Waals surface area (Å²) in [5.74, 6) is 0. The summed E-state index contributed by atoms with van der Waals surface area (Å²) in [6.45, 7) is 1.64. The molecule has 2 rings (SSSR count). The van der Waals surface area contributed by atoms with Gasteiger partial charge in [0.2, 0.25) is 0 Å². The lowest BCUT2D eigenvalue weighted by Crippen LogP contribution is -2.08. The van der Waals surface area contributed by atoms with Gasteiger partial charge in [-0.05, 0) is 29.3 Å². The second kappa shape index (κ2) is 3.91. The first-order chi connectivity index (χ1) is 7.48. The van der Waals surface area contributed by atoms with E-state index in [1.807, 2.05) is 42.5 Å². The first kappa shape index (κ1) is 11.1. The van der Waals surface area contributed by atoms with E-state index in [1.165, 1.54) is 6.26 Å². The van der Waals surface area contributed by atoms with Crippen LogP contribution in [-0.2, 0) is 9.84 Å². The molecular formula is C13H13O2S. The average Bonchev–Trinajstić information content (AvgIpc) is 2.26. The predicted molar refractivity (Wildman–Crippen MR) is 66.8 cm³/mol. The van der Waals surface area contributed by atoms with Gasteiger partial charge in [-0.1, -0.05) is 36.4 Å². The van der Waals surface area contributed by atoms with Gasteiger partial charge in [-0.3, -0.25) is 0 Å². The van der Waals surface area contributed by atoms with E-state index in [1.54, 1.807) is 6.92 Å². The summed E-state index contributed by atoms with van der Waals surface area (Å²) in [4.78, 5) is 0. The molecular weight excluding hydrogens is 220 g/mol. The number of rotatable bonds is 2. The predicted octanol–water partition coefficient (Wildman–Crippen LogP) is 2.78. The highest BCUT2D eigenvalue weighted by atomic mass is 32.2. The molecule has 0 spiro atoms. The van der Waals surface area contributed by atoms with Crippen molar-refractivity contribution >= 4 is 20.6 Å². The molecule has 0 saturated heterocycles. The van der Waals surface area contributed by atoms with Crippen molar-refractivity contribution in [2.24, 2.45) is 0 Å². The highest BCUT2D eigenvalue weighted by Gasteiger charge is 2.18. The van der Waals surface area contributed by atoms with E-state index in [0.717, 1.165) is 16.3 Å². The van der Waals surface area contributed by atoms with Crippen LogP contribution in [0.2, 0.25) is 0 Å². The summed E-state index contributed by atoms with van der Waals surface area (Å²) in [6, 6.07) is 13.6. The first-order valence-corrected chi connectivity index (χ1v) is 6.90. The maximum absolute atomic E-state index is 11.4. The molecule has 16 heavy (non-hydrogen) atoms. The zero-order valence-corrected chi connectivity index (χ0v) is 10.1. The van der Waals surface area contributed by atoms with E-state index >= 15 is 0 Å². The fraction of sp³-hybridized carbons (Fsp3) is 0.154. The third-order valence-corrected chi connectivity index (χ3v) is 4.06. The standard InChI is InChI=1S/C13H13O2S/c1-10(16(2,14)15)12-8-7-11-5-3-4-6-13(11)9-12/h3-9H,1-2H3. The number of hydrogen-bond acceptors (Lipinski definition) is 2. The molecule has 0 aromatic heterocycles. The average molecular weight is 233 g/mol. The molecule has 2 nitrogen and oxygen atoms in total. The molecule has 0 amide bonds. The molecule has 83 valence electrons. The van der Waals surface area contributed by atoms with Gasteiger partial charge in [-0.25, -0.2) is 8.42 Å². The molecule has 2 aromatic carbocycles. The molecule has 0 aliphatic carbocycles. The van der Waals surface area contributed by atoms with Gasteiger partial charge in [0, 0.05) is 6.26 Å². The van der Waals surface area contributed by atoms with Crippen molar-refractivity contribution in [3.8, 4) is 0 Å². The monoisotopic (exact) mass is 233 g/mol. The molecule has 0 unspecified atom stereocenters. The molecule has 0 atom stereocenters. The Morgan fingerprint density at radius 2 is 1.62 bits per heavy atom. The second-order valence-corrected chi connectivity index (χ2v) is 6.05. The van der Waals surface area contributed by atoms with E-state index in [-0.39, 0.29) is 0 Å². The van der Waals surface area contributed by atoms with Crippen LogP contribution in [0.4, 0.5) is 0 Å². The molecule has 0 aliphatic heterocycles. The van der Waals surface area contributed by atoms with Crippen molar-refractivity contribution in [2.45, 2.75) is 6.92 Å². The first-order valence-electron chi connectivity index (χ1n) is 5.01. The van der Waals surface area contributed by atoms with Crippen LogP contribution in [0.1, 0.15) is 12.5 Å². The van der Waals surface area contributed by atoms with Crippen LogP contribution < -0.4 is 0 Å². The van der Waals surface area contributed by atoms with E-state index in [0.29, 0.717) is 5.25 Å². The topological polar surface area (TPSA) is 34.1 Å². The van der Waals surface area contributed by atoms with Gasteiger partial charge in [0.05, 0.1) is 0 Å². The molecule has 0 aliphatic rings. The van der Waals surface area contributed by atoms with Crippen LogP contribution in [0.3, 0.4) is 0 Å². The fourth-order valence-electron chi connectivity index (χ4n) is 1.62. The van der Waals surface area contributed by atoms with Crippen LogP contribution in [-0.4, -0.2) is 14.7 Å². The minimum absolute atomic E-state index is 0.415. The van der Waals surface area contributed by atoms with E-state index < -0.39 is 9.84 Å². The summed E-state index contributed by atoms with van der Waals surface area (Å²) in [5, 5.41) is 2.59. The van der Waals surface area contributed by atoms with Crippen molar-refractivity contribution in [1.82, 2.24) is 0 Å². The molecule has 2 aromatic rings. The third-order valence-electron chi connectivity index (χ3n) is 2.71. The SMILES string of the molecule is C[C](c1ccc2ccccc2c1)S(C)(=O)=O. The third kappa shape index (κ3) is 2.09. The molecule has 0 saturated carbocycles. The molecule has 0 fully saturated rings. The van der Waals surface area contributed by atoms with Gasteiger partial charge in [0.25, 0.3) is 0 Å². The summed E-state index contributed by atoms with van der Waals surface area (Å²) in [6.07, 6.45) is 1.23. The normalized spacial score (nSPS) is 12.2. The van der Waals surface area contributed by atoms with Gasteiger partial charge in [0.1, 0.15) is 5.25 Å². The molecule has 0 bridgehead atoms. The largest absolute Gasteiger partial charge is 0.228 e. The van der Waals surface area contributed by atoms with Crippen LogP contribution in [0.5, 0.6) is 0 Å². The van der Waals surface area contributed by atoms with Gasteiger partial charge >= 0.3 is 0 Å². The molecule has 3 heteroatoms. The van der Waals surface area contributed by atoms with Crippen LogP contribution in [0.15, 0.2) is 42.5 Å². The van der Waals surface area contributed by atoms with Crippen molar-refractivity contribution < 1.29 is 8.42 Å². The summed E-state index contributed by atoms with van der Waals surface area (Å²) in [7, 11) is -3.11. The second-order valence-electron chi connectivity index (χ2n) is 3.89. The lowest BCUT2D eigenvalue weighted by molar-refractivity contribution is 0.603. The number of sulfone groups is 1. The Kier molecular flexibility index (Phi) is 2.72. The Bertz CT molecular complexity index is 615. The number of hydrogen-bond donors (Lipinski definition) is 0. The quantitative estimate of drug-likeness (QED) is 0.799. The fourth-order valence-corrected chi connectivity index (χ4v) is 2.18. The van der Waals surface area contributed by atoms with Gasteiger partial charge < -0.3 is 0 Å².